The van der Waals surface area contributed by atoms with Crippen LogP contribution in [0, 0.1) is 0 Å². The van der Waals surface area contributed by atoms with Crippen molar-refractivity contribution in [3.63, 3.8) is 0 Å². The minimum Gasteiger partial charge on any atom is -0.434 e. The van der Waals surface area contributed by atoms with Gasteiger partial charge in [0.2, 0.25) is 5.95 Å². The highest BCUT2D eigenvalue weighted by molar-refractivity contribution is 5.98. The summed E-state index contributed by atoms with van der Waals surface area (Å²) in [7, 11) is 0. The summed E-state index contributed by atoms with van der Waals surface area (Å²) in [4.78, 5) is 24.1. The van der Waals surface area contributed by atoms with Crippen molar-refractivity contribution >= 4 is 17.4 Å². The molecule has 9 nitrogen and oxygen atoms in total. The van der Waals surface area contributed by atoms with Gasteiger partial charge in [-0.05, 0) is 36.2 Å². The zero-order valence-corrected chi connectivity index (χ0v) is 19.6. The van der Waals surface area contributed by atoms with Crippen LogP contribution < -0.4 is 15.0 Å². The van der Waals surface area contributed by atoms with Crippen molar-refractivity contribution in [3.8, 4) is 16.9 Å². The lowest BCUT2D eigenvalue weighted by Gasteiger charge is -2.26. The number of anilines is 1. The number of alkyl halides is 2. The Hall–Kier alpha value is -4.12. The van der Waals surface area contributed by atoms with E-state index in [0.717, 1.165) is 41.0 Å². The summed E-state index contributed by atoms with van der Waals surface area (Å²) >= 11 is 0. The lowest BCUT2D eigenvalue weighted by atomic mass is 9.88. The molecule has 2 atom stereocenters. The summed E-state index contributed by atoms with van der Waals surface area (Å²) in [6, 6.07) is 8.32. The summed E-state index contributed by atoms with van der Waals surface area (Å²) in [6.45, 7) is -0.172. The van der Waals surface area contributed by atoms with Gasteiger partial charge in [0.05, 0.1) is 30.5 Å². The third kappa shape index (κ3) is 3.60. The molecule has 37 heavy (non-hydrogen) atoms. The maximum atomic E-state index is 13.2. The molecule has 11 heteroatoms. The molecule has 0 saturated carbocycles. The molecular formula is C26H22F2N6O3. The molecule has 1 amide bonds. The van der Waals surface area contributed by atoms with E-state index in [0.29, 0.717) is 36.7 Å². The van der Waals surface area contributed by atoms with E-state index in [1.165, 1.54) is 6.07 Å². The van der Waals surface area contributed by atoms with Gasteiger partial charge in [-0.2, -0.15) is 13.9 Å². The number of carbonyl (C=O) groups is 1. The molecule has 0 radical (unpaired) electrons. The zero-order valence-electron chi connectivity index (χ0n) is 19.6. The molecular weight excluding hydrogens is 482 g/mol. The smallest absolute Gasteiger partial charge is 0.387 e. The van der Waals surface area contributed by atoms with Gasteiger partial charge in [0.15, 0.2) is 0 Å². The van der Waals surface area contributed by atoms with Crippen LogP contribution in [0.3, 0.4) is 0 Å². The lowest BCUT2D eigenvalue weighted by Crippen LogP contribution is -2.37. The molecule has 0 unspecified atom stereocenters. The molecule has 188 valence electrons. The van der Waals surface area contributed by atoms with Crippen molar-refractivity contribution in [2.45, 2.75) is 25.0 Å². The molecule has 1 aromatic carbocycles. The first-order chi connectivity index (χ1) is 18.1. The first-order valence-corrected chi connectivity index (χ1v) is 12.1. The zero-order chi connectivity index (χ0) is 25.1. The van der Waals surface area contributed by atoms with Crippen LogP contribution in [0.5, 0.6) is 5.75 Å². The highest BCUT2D eigenvalue weighted by Crippen LogP contribution is 2.51. The summed E-state index contributed by atoms with van der Waals surface area (Å²) in [5.74, 6) is 0.0470. The predicted molar refractivity (Wildman–Crippen MR) is 129 cm³/mol. The number of hydrogen-bond donors (Lipinski definition) is 1. The number of ether oxygens (including phenoxy) is 2. The second-order valence-corrected chi connectivity index (χ2v) is 9.33. The Bertz CT molecular complexity index is 1520. The number of nitrogens with zero attached hydrogens (tertiary/aromatic N) is 5. The molecule has 0 spiro atoms. The van der Waals surface area contributed by atoms with E-state index in [-0.39, 0.29) is 23.6 Å². The number of nitrogens with one attached hydrogen (secondary N) is 1. The minimum absolute atomic E-state index is 0.0174. The molecule has 1 aliphatic carbocycles. The van der Waals surface area contributed by atoms with Crippen molar-refractivity contribution < 1.29 is 23.0 Å². The van der Waals surface area contributed by atoms with E-state index in [1.54, 1.807) is 29.0 Å². The minimum atomic E-state index is -2.99. The van der Waals surface area contributed by atoms with Crippen LogP contribution in [0.25, 0.3) is 16.6 Å². The van der Waals surface area contributed by atoms with Gasteiger partial charge in [-0.3, -0.25) is 4.79 Å². The van der Waals surface area contributed by atoms with Gasteiger partial charge >= 0.3 is 6.61 Å². The van der Waals surface area contributed by atoms with Crippen LogP contribution in [0.1, 0.15) is 45.6 Å². The van der Waals surface area contributed by atoms with E-state index in [1.807, 2.05) is 18.3 Å². The number of fused-ring (bicyclic) bond motifs is 9. The van der Waals surface area contributed by atoms with E-state index in [4.69, 9.17) is 14.6 Å². The number of rotatable bonds is 4. The number of aromatic nitrogens is 4. The predicted octanol–water partition coefficient (Wildman–Crippen LogP) is 3.55. The van der Waals surface area contributed by atoms with Gasteiger partial charge in [-0.1, -0.05) is 6.07 Å². The van der Waals surface area contributed by atoms with Gasteiger partial charge in [-0.25, -0.2) is 14.5 Å². The normalized spacial score (nSPS) is 20.5. The number of halogens is 2. The number of hydrogen-bond acceptors (Lipinski definition) is 7. The fourth-order valence-corrected chi connectivity index (χ4v) is 5.66. The van der Waals surface area contributed by atoms with Crippen molar-refractivity contribution in [2.75, 3.05) is 31.2 Å². The Morgan fingerprint density at radius 1 is 1.08 bits per heavy atom. The molecule has 7 rings (SSSR count). The van der Waals surface area contributed by atoms with E-state index in [9.17, 15) is 13.6 Å². The van der Waals surface area contributed by atoms with Gasteiger partial charge in [0, 0.05) is 59.9 Å². The maximum Gasteiger partial charge on any atom is 0.387 e. The van der Waals surface area contributed by atoms with Crippen molar-refractivity contribution in [1.82, 2.24) is 24.9 Å². The number of morpholine rings is 1. The standard InChI is InChI=1S/C26H22F2N6O3/c27-25(28)37-20-3-1-2-16-21(20)17-11-18(31-24(16)35)23-22(17)19-10-14(4-5-34(19)32-23)15-12-29-26(30-13-15)33-6-8-36-9-7-33/h1-5,10,12-13,17-18,25H,6-9,11H2,(H,31,35)/t17-,18-/m1/s1. The Kier molecular flexibility index (Phi) is 5.07. The Labute approximate surface area is 210 Å². The van der Waals surface area contributed by atoms with Crippen molar-refractivity contribution in [2.24, 2.45) is 0 Å². The van der Waals surface area contributed by atoms with Crippen LogP contribution in [-0.4, -0.2) is 58.4 Å². The third-order valence-corrected chi connectivity index (χ3v) is 7.30. The second kappa shape index (κ2) is 8.48. The first-order valence-electron chi connectivity index (χ1n) is 12.1. The molecule has 2 aliphatic heterocycles. The van der Waals surface area contributed by atoms with Gasteiger partial charge in [0.25, 0.3) is 5.91 Å². The Balaban J connectivity index is 1.31. The van der Waals surface area contributed by atoms with E-state index < -0.39 is 6.61 Å². The summed E-state index contributed by atoms with van der Waals surface area (Å²) in [5.41, 5.74) is 5.06. The molecule has 1 saturated heterocycles. The van der Waals surface area contributed by atoms with Crippen molar-refractivity contribution in [3.05, 3.63) is 71.3 Å². The number of carbonyl (C=O) groups excluding carboxylic acids is 1. The monoisotopic (exact) mass is 504 g/mol. The van der Waals surface area contributed by atoms with Gasteiger partial charge in [0.1, 0.15) is 5.75 Å². The van der Waals surface area contributed by atoms with Gasteiger partial charge < -0.3 is 19.7 Å². The fraction of sp³-hybridized carbons (Fsp3) is 0.308. The quantitative estimate of drug-likeness (QED) is 0.454. The maximum absolute atomic E-state index is 13.2. The average Bonchev–Trinajstić information content (AvgIpc) is 3.41. The van der Waals surface area contributed by atoms with Gasteiger partial charge in [-0.15, -0.1) is 0 Å². The average molecular weight is 504 g/mol. The third-order valence-electron chi connectivity index (χ3n) is 7.30. The lowest BCUT2D eigenvalue weighted by molar-refractivity contribution is -0.0505. The fourth-order valence-electron chi connectivity index (χ4n) is 5.66. The van der Waals surface area contributed by atoms with Crippen LogP contribution in [0.4, 0.5) is 14.7 Å². The van der Waals surface area contributed by atoms with Crippen LogP contribution in [-0.2, 0) is 4.74 Å². The SMILES string of the molecule is O=C1N[C@@H]2C[C@H](c3c(OC(F)F)cccc31)c1c2nn2ccc(-c3cnc(N4CCOCC4)nc3)cc12. The summed E-state index contributed by atoms with van der Waals surface area (Å²) in [5, 5.41) is 7.77. The highest BCUT2D eigenvalue weighted by atomic mass is 19.3. The Morgan fingerprint density at radius 2 is 1.89 bits per heavy atom. The number of pyridine rings is 1. The second-order valence-electron chi connectivity index (χ2n) is 9.33. The largest absolute Gasteiger partial charge is 0.434 e. The van der Waals surface area contributed by atoms with E-state index >= 15 is 0 Å². The molecule has 4 aromatic rings. The number of benzene rings is 1. The number of amides is 1. The topological polar surface area (TPSA) is 93.9 Å². The molecule has 3 aromatic heterocycles. The molecule has 1 fully saturated rings. The summed E-state index contributed by atoms with van der Waals surface area (Å²) in [6.07, 6.45) is 5.98. The Morgan fingerprint density at radius 3 is 2.68 bits per heavy atom. The van der Waals surface area contributed by atoms with Crippen LogP contribution >= 0.6 is 0 Å². The first kappa shape index (κ1) is 22.1. The highest BCUT2D eigenvalue weighted by Gasteiger charge is 2.43. The van der Waals surface area contributed by atoms with Crippen LogP contribution in [0.2, 0.25) is 0 Å². The summed E-state index contributed by atoms with van der Waals surface area (Å²) < 4.78 is 38.5. The molecule has 2 bridgehead atoms. The van der Waals surface area contributed by atoms with Crippen LogP contribution in [0.15, 0.2) is 48.9 Å². The molecule has 5 heterocycles. The molecule has 3 aliphatic rings. The van der Waals surface area contributed by atoms with Crippen molar-refractivity contribution in [1.29, 1.82) is 0 Å². The molecule has 1 N–H and O–H groups in total. The van der Waals surface area contributed by atoms with E-state index in [2.05, 4.69) is 20.2 Å².